The molecule has 0 amide bonds. The van der Waals surface area contributed by atoms with E-state index in [0.717, 1.165) is 17.9 Å². The van der Waals surface area contributed by atoms with E-state index in [0.29, 0.717) is 12.6 Å². The molecule has 1 N–H and O–H groups in total. The van der Waals surface area contributed by atoms with Gasteiger partial charge in [0.2, 0.25) is 0 Å². The number of likely N-dealkylation sites (N-methyl/N-ethyl adjacent to an activating group) is 1. The van der Waals surface area contributed by atoms with E-state index in [1.807, 2.05) is 24.3 Å². The quantitative estimate of drug-likeness (QED) is 0.864. The van der Waals surface area contributed by atoms with Crippen LogP contribution >= 0.6 is 0 Å². The summed E-state index contributed by atoms with van der Waals surface area (Å²) in [6, 6.07) is 7.80. The normalized spacial score (nSPS) is 19.9. The second kappa shape index (κ2) is 5.87. The van der Waals surface area contributed by atoms with Crippen LogP contribution in [0.4, 0.5) is 0 Å². The molecule has 1 atom stereocenters. The van der Waals surface area contributed by atoms with E-state index in [9.17, 15) is 4.79 Å². The number of ether oxygens (including phenoxy) is 1. The third kappa shape index (κ3) is 3.47. The second-order valence-electron chi connectivity index (χ2n) is 4.80. The topological polar surface area (TPSA) is 49.8 Å². The highest BCUT2D eigenvalue weighted by Crippen LogP contribution is 2.18. The van der Waals surface area contributed by atoms with Gasteiger partial charge in [0.15, 0.2) is 0 Å². The summed E-state index contributed by atoms with van der Waals surface area (Å²) in [5, 5.41) is 8.68. The van der Waals surface area contributed by atoms with Gasteiger partial charge in [-0.2, -0.15) is 0 Å². The second-order valence-corrected chi connectivity index (χ2v) is 4.80. The lowest BCUT2D eigenvalue weighted by molar-refractivity contribution is -0.136. The Hall–Kier alpha value is -1.55. The highest BCUT2D eigenvalue weighted by Gasteiger charge is 2.21. The van der Waals surface area contributed by atoms with Crippen molar-refractivity contribution in [2.24, 2.45) is 0 Å². The van der Waals surface area contributed by atoms with E-state index in [1.54, 1.807) is 0 Å². The fourth-order valence-electron chi connectivity index (χ4n) is 2.26. The van der Waals surface area contributed by atoms with Crippen LogP contribution in [0.2, 0.25) is 0 Å². The summed E-state index contributed by atoms with van der Waals surface area (Å²) in [7, 11) is 2.12. The van der Waals surface area contributed by atoms with E-state index in [4.69, 9.17) is 9.84 Å². The Kier molecular flexibility index (Phi) is 4.20. The molecule has 1 aromatic carbocycles. The van der Waals surface area contributed by atoms with Gasteiger partial charge in [0, 0.05) is 6.04 Å². The van der Waals surface area contributed by atoms with Gasteiger partial charge in [-0.05, 0) is 44.1 Å². The van der Waals surface area contributed by atoms with Crippen LogP contribution in [0.15, 0.2) is 24.3 Å². The minimum absolute atomic E-state index is 0.0612. The van der Waals surface area contributed by atoms with E-state index in [2.05, 4.69) is 11.9 Å². The van der Waals surface area contributed by atoms with Crippen molar-refractivity contribution in [3.63, 3.8) is 0 Å². The van der Waals surface area contributed by atoms with Gasteiger partial charge in [0.25, 0.3) is 0 Å². The number of carboxylic acid groups (broad SMARTS) is 1. The van der Waals surface area contributed by atoms with Gasteiger partial charge in [0.05, 0.1) is 6.42 Å². The van der Waals surface area contributed by atoms with Crippen LogP contribution in [-0.4, -0.2) is 42.2 Å². The molecule has 0 aliphatic carbocycles. The first-order chi connectivity index (χ1) is 8.65. The van der Waals surface area contributed by atoms with Crippen molar-refractivity contribution in [2.45, 2.75) is 25.3 Å². The summed E-state index contributed by atoms with van der Waals surface area (Å²) in [6.45, 7) is 1.85. The Morgan fingerprint density at radius 3 is 2.72 bits per heavy atom. The summed E-state index contributed by atoms with van der Waals surface area (Å²) in [6.07, 6.45) is 2.49. The number of likely N-dealkylation sites (tertiary alicyclic amines) is 1. The monoisotopic (exact) mass is 249 g/mol. The van der Waals surface area contributed by atoms with Crippen LogP contribution in [0.25, 0.3) is 0 Å². The first kappa shape index (κ1) is 12.9. The lowest BCUT2D eigenvalue weighted by Crippen LogP contribution is -2.30. The molecule has 1 heterocycles. The number of carbonyl (C=O) groups is 1. The van der Waals surface area contributed by atoms with Crippen molar-refractivity contribution in [1.29, 1.82) is 0 Å². The molecule has 1 aromatic rings. The van der Waals surface area contributed by atoms with Crippen LogP contribution in [0.3, 0.4) is 0 Å². The number of nitrogens with zero attached hydrogens (tertiary/aromatic N) is 1. The van der Waals surface area contributed by atoms with Crippen molar-refractivity contribution in [3.8, 4) is 5.75 Å². The molecule has 1 unspecified atom stereocenters. The molecule has 2 rings (SSSR count). The fraction of sp³-hybridized carbons (Fsp3) is 0.500. The largest absolute Gasteiger partial charge is 0.492 e. The molecule has 1 aliphatic rings. The van der Waals surface area contributed by atoms with Crippen LogP contribution in [0.1, 0.15) is 18.4 Å². The van der Waals surface area contributed by atoms with Crippen LogP contribution < -0.4 is 4.74 Å². The Morgan fingerprint density at radius 1 is 1.44 bits per heavy atom. The Bertz CT molecular complexity index is 402. The number of hydrogen-bond donors (Lipinski definition) is 1. The Balaban J connectivity index is 1.84. The third-order valence-electron chi connectivity index (χ3n) is 3.39. The molecule has 0 spiro atoms. The SMILES string of the molecule is CN1CCCC1COc1ccc(CC(=O)O)cc1. The number of benzene rings is 1. The number of hydrogen-bond acceptors (Lipinski definition) is 3. The van der Waals surface area contributed by atoms with Gasteiger partial charge in [-0.3, -0.25) is 4.79 Å². The zero-order valence-electron chi connectivity index (χ0n) is 10.6. The zero-order chi connectivity index (χ0) is 13.0. The summed E-state index contributed by atoms with van der Waals surface area (Å²) < 4.78 is 5.73. The molecule has 18 heavy (non-hydrogen) atoms. The predicted octanol–water partition coefficient (Wildman–Crippen LogP) is 1.79. The average Bonchev–Trinajstić information content (AvgIpc) is 2.73. The van der Waals surface area contributed by atoms with Crippen molar-refractivity contribution in [2.75, 3.05) is 20.2 Å². The molecule has 4 heteroatoms. The Morgan fingerprint density at radius 2 is 2.17 bits per heavy atom. The number of carboxylic acids is 1. The van der Waals surface area contributed by atoms with E-state index in [-0.39, 0.29) is 6.42 Å². The lowest BCUT2D eigenvalue weighted by atomic mass is 10.1. The zero-order valence-corrected chi connectivity index (χ0v) is 10.6. The molecule has 1 fully saturated rings. The molecule has 0 aromatic heterocycles. The predicted molar refractivity (Wildman–Crippen MR) is 68.9 cm³/mol. The van der Waals surface area contributed by atoms with Crippen LogP contribution in [0.5, 0.6) is 5.75 Å². The van der Waals surface area contributed by atoms with E-state index < -0.39 is 5.97 Å². The van der Waals surface area contributed by atoms with Crippen LogP contribution in [0, 0.1) is 0 Å². The lowest BCUT2D eigenvalue weighted by Gasteiger charge is -2.19. The number of rotatable bonds is 5. The molecular formula is C14H19NO3. The minimum Gasteiger partial charge on any atom is -0.492 e. The highest BCUT2D eigenvalue weighted by molar-refractivity contribution is 5.70. The smallest absolute Gasteiger partial charge is 0.307 e. The van der Waals surface area contributed by atoms with Crippen molar-refractivity contribution < 1.29 is 14.6 Å². The van der Waals surface area contributed by atoms with Gasteiger partial charge < -0.3 is 14.7 Å². The third-order valence-corrected chi connectivity index (χ3v) is 3.39. The summed E-state index contributed by atoms with van der Waals surface area (Å²) in [5.74, 6) is 0.000637. The highest BCUT2D eigenvalue weighted by atomic mass is 16.5. The molecule has 1 saturated heterocycles. The van der Waals surface area contributed by atoms with Gasteiger partial charge in [0.1, 0.15) is 12.4 Å². The van der Waals surface area contributed by atoms with Gasteiger partial charge >= 0.3 is 5.97 Å². The maximum Gasteiger partial charge on any atom is 0.307 e. The first-order valence-electron chi connectivity index (χ1n) is 6.29. The minimum atomic E-state index is -0.809. The van der Waals surface area contributed by atoms with Crippen molar-refractivity contribution >= 4 is 5.97 Å². The standard InChI is InChI=1S/C14H19NO3/c1-15-8-2-3-12(15)10-18-13-6-4-11(5-7-13)9-14(16)17/h4-7,12H,2-3,8-10H2,1H3,(H,16,17). The molecule has 0 bridgehead atoms. The first-order valence-corrected chi connectivity index (χ1v) is 6.29. The van der Waals surface area contributed by atoms with Gasteiger partial charge in [-0.15, -0.1) is 0 Å². The van der Waals surface area contributed by atoms with Crippen molar-refractivity contribution in [1.82, 2.24) is 4.90 Å². The molecule has 4 nitrogen and oxygen atoms in total. The summed E-state index contributed by atoms with van der Waals surface area (Å²) >= 11 is 0. The molecule has 0 saturated carbocycles. The van der Waals surface area contributed by atoms with E-state index >= 15 is 0 Å². The fourth-order valence-corrected chi connectivity index (χ4v) is 2.26. The summed E-state index contributed by atoms with van der Waals surface area (Å²) in [5.41, 5.74) is 0.799. The molecule has 1 aliphatic heterocycles. The van der Waals surface area contributed by atoms with E-state index in [1.165, 1.54) is 12.8 Å². The maximum atomic E-state index is 10.6. The molecule has 0 radical (unpaired) electrons. The average molecular weight is 249 g/mol. The van der Waals surface area contributed by atoms with Gasteiger partial charge in [-0.1, -0.05) is 12.1 Å². The molecular weight excluding hydrogens is 230 g/mol. The van der Waals surface area contributed by atoms with Gasteiger partial charge in [-0.25, -0.2) is 0 Å². The Labute approximate surface area is 107 Å². The molecule has 98 valence electrons. The number of aliphatic carboxylic acids is 1. The van der Waals surface area contributed by atoms with Crippen LogP contribution in [-0.2, 0) is 11.2 Å². The van der Waals surface area contributed by atoms with Crippen molar-refractivity contribution in [3.05, 3.63) is 29.8 Å². The maximum absolute atomic E-state index is 10.6. The summed E-state index contributed by atoms with van der Waals surface area (Å²) in [4.78, 5) is 12.9.